The Kier molecular flexibility index (Phi) is 3.58. The van der Waals surface area contributed by atoms with Crippen LogP contribution in [-0.4, -0.2) is 22.0 Å². The number of hydrogen-bond donors (Lipinski definition) is 3. The van der Waals surface area contributed by atoms with Crippen LogP contribution in [0, 0.1) is 5.92 Å². The summed E-state index contributed by atoms with van der Waals surface area (Å²) in [7, 11) is 0. The fourth-order valence-electron chi connectivity index (χ4n) is 2.19. The molecule has 1 aromatic rings. The lowest BCUT2D eigenvalue weighted by molar-refractivity contribution is -0.121. The molecule has 1 fully saturated rings. The lowest BCUT2D eigenvalue weighted by atomic mass is 9.84. The molecule has 0 saturated heterocycles. The summed E-state index contributed by atoms with van der Waals surface area (Å²) < 4.78 is 0. The van der Waals surface area contributed by atoms with Crippen LogP contribution in [0.3, 0.4) is 0 Å². The van der Waals surface area contributed by atoms with Gasteiger partial charge in [-0.3, -0.25) is 4.79 Å². The molecule has 1 aliphatic rings. The number of rotatable bonds is 2. The number of nitrogens with zero attached hydrogens (tertiary/aromatic N) is 1. The molecule has 5 heteroatoms. The number of hydrogen-bond acceptors (Lipinski definition) is 4. The number of pyridine rings is 1. The van der Waals surface area contributed by atoms with E-state index in [9.17, 15) is 9.90 Å². The van der Waals surface area contributed by atoms with Crippen molar-refractivity contribution in [2.75, 3.05) is 5.32 Å². The van der Waals surface area contributed by atoms with Crippen molar-refractivity contribution >= 4 is 11.7 Å². The molecule has 1 amide bonds. The van der Waals surface area contributed by atoms with Crippen molar-refractivity contribution in [3.05, 3.63) is 18.3 Å². The summed E-state index contributed by atoms with van der Waals surface area (Å²) in [5, 5.41) is 12.1. The fourth-order valence-corrected chi connectivity index (χ4v) is 2.19. The zero-order valence-corrected chi connectivity index (χ0v) is 9.60. The van der Waals surface area contributed by atoms with E-state index in [0.717, 1.165) is 25.7 Å². The topological polar surface area (TPSA) is 88.2 Å². The predicted molar refractivity (Wildman–Crippen MR) is 64.5 cm³/mol. The maximum atomic E-state index is 12.0. The fraction of sp³-hybridized carbons (Fsp3) is 0.500. The summed E-state index contributed by atoms with van der Waals surface area (Å²) >= 11 is 0. The quantitative estimate of drug-likeness (QED) is 0.719. The third-order valence-corrected chi connectivity index (χ3v) is 3.18. The van der Waals surface area contributed by atoms with Gasteiger partial charge in [0, 0.05) is 12.2 Å². The highest BCUT2D eigenvalue weighted by atomic mass is 16.3. The van der Waals surface area contributed by atoms with E-state index in [4.69, 9.17) is 5.73 Å². The summed E-state index contributed by atoms with van der Waals surface area (Å²) in [4.78, 5) is 15.9. The normalized spacial score (nSPS) is 24.3. The van der Waals surface area contributed by atoms with Gasteiger partial charge in [0.15, 0.2) is 11.6 Å². The minimum atomic E-state index is -0.176. The van der Waals surface area contributed by atoms with E-state index in [1.807, 2.05) is 0 Å². The summed E-state index contributed by atoms with van der Waals surface area (Å²) in [5.74, 6) is -0.142. The molecule has 17 heavy (non-hydrogen) atoms. The minimum absolute atomic E-state index is 0.0229. The van der Waals surface area contributed by atoms with Crippen LogP contribution in [0.4, 0.5) is 5.82 Å². The predicted octanol–water partition coefficient (Wildman–Crippen LogP) is 1.24. The number of nitrogens with two attached hydrogens (primary N) is 1. The highest BCUT2D eigenvalue weighted by Crippen LogP contribution is 2.25. The molecular formula is C12H17N3O2. The number of anilines is 1. The Morgan fingerprint density at radius 3 is 2.94 bits per heavy atom. The Balaban J connectivity index is 2.03. The number of nitrogens with one attached hydrogen (secondary N) is 1. The van der Waals surface area contributed by atoms with E-state index in [0.29, 0.717) is 0 Å². The lowest BCUT2D eigenvalue weighted by Gasteiger charge is -2.27. The zero-order valence-electron chi connectivity index (χ0n) is 9.60. The molecule has 5 nitrogen and oxygen atoms in total. The van der Waals surface area contributed by atoms with Crippen LogP contribution in [0.1, 0.15) is 25.7 Å². The van der Waals surface area contributed by atoms with Gasteiger partial charge in [-0.05, 0) is 25.0 Å². The van der Waals surface area contributed by atoms with Crippen LogP contribution in [0.2, 0.25) is 0 Å². The maximum Gasteiger partial charge on any atom is 0.230 e. The first-order valence-electron chi connectivity index (χ1n) is 5.89. The molecule has 92 valence electrons. The molecule has 0 radical (unpaired) electrons. The Morgan fingerprint density at radius 2 is 2.24 bits per heavy atom. The highest BCUT2D eigenvalue weighted by Gasteiger charge is 2.28. The molecule has 2 rings (SSSR count). The molecule has 4 N–H and O–H groups in total. The standard InChI is InChI=1S/C12H17N3O2/c13-9-5-2-1-4-8(9)12(17)15-11-10(16)6-3-7-14-11/h3,6-9,16H,1-2,4-5,13H2,(H,14,15,17). The van der Waals surface area contributed by atoms with E-state index in [2.05, 4.69) is 10.3 Å². The van der Waals surface area contributed by atoms with Crippen LogP contribution >= 0.6 is 0 Å². The molecule has 0 bridgehead atoms. The van der Waals surface area contributed by atoms with Crippen molar-refractivity contribution in [1.82, 2.24) is 4.98 Å². The van der Waals surface area contributed by atoms with Crippen molar-refractivity contribution in [1.29, 1.82) is 0 Å². The summed E-state index contributed by atoms with van der Waals surface area (Å²) in [6, 6.07) is 3.01. The maximum absolute atomic E-state index is 12.0. The van der Waals surface area contributed by atoms with E-state index < -0.39 is 0 Å². The largest absolute Gasteiger partial charge is 0.504 e. The number of amides is 1. The van der Waals surface area contributed by atoms with Crippen molar-refractivity contribution in [2.45, 2.75) is 31.7 Å². The second-order valence-corrected chi connectivity index (χ2v) is 4.42. The van der Waals surface area contributed by atoms with Crippen LogP contribution in [0.25, 0.3) is 0 Å². The van der Waals surface area contributed by atoms with Gasteiger partial charge in [0.2, 0.25) is 5.91 Å². The number of carbonyl (C=O) groups is 1. The van der Waals surface area contributed by atoms with E-state index in [1.165, 1.54) is 12.3 Å². The summed E-state index contributed by atoms with van der Waals surface area (Å²) in [6.07, 6.45) is 5.32. The second kappa shape index (κ2) is 5.14. The molecule has 0 aliphatic heterocycles. The number of aromatic hydroxyl groups is 1. The van der Waals surface area contributed by atoms with Gasteiger partial charge in [0.25, 0.3) is 0 Å². The second-order valence-electron chi connectivity index (χ2n) is 4.42. The summed E-state index contributed by atoms with van der Waals surface area (Å²) in [5.41, 5.74) is 5.93. The molecule has 1 aromatic heterocycles. The first-order chi connectivity index (χ1) is 8.18. The van der Waals surface area contributed by atoms with Crippen LogP contribution in [0.5, 0.6) is 5.75 Å². The average molecular weight is 235 g/mol. The van der Waals surface area contributed by atoms with Gasteiger partial charge in [-0.25, -0.2) is 4.98 Å². The Labute approximate surface area is 100 Å². The number of aromatic nitrogens is 1. The van der Waals surface area contributed by atoms with E-state index >= 15 is 0 Å². The van der Waals surface area contributed by atoms with Crippen molar-refractivity contribution in [2.24, 2.45) is 11.7 Å². The first-order valence-corrected chi connectivity index (χ1v) is 5.89. The monoisotopic (exact) mass is 235 g/mol. The summed E-state index contributed by atoms with van der Waals surface area (Å²) in [6.45, 7) is 0. The Morgan fingerprint density at radius 1 is 1.47 bits per heavy atom. The molecule has 0 spiro atoms. The molecule has 2 unspecified atom stereocenters. The van der Waals surface area contributed by atoms with Gasteiger partial charge in [-0.15, -0.1) is 0 Å². The molecule has 1 saturated carbocycles. The van der Waals surface area contributed by atoms with Crippen LogP contribution in [0.15, 0.2) is 18.3 Å². The SMILES string of the molecule is NC1CCCCC1C(=O)Nc1ncccc1O. The Bertz CT molecular complexity index is 408. The van der Waals surface area contributed by atoms with Gasteiger partial charge < -0.3 is 16.2 Å². The number of carbonyl (C=O) groups excluding carboxylic acids is 1. The lowest BCUT2D eigenvalue weighted by Crippen LogP contribution is -2.40. The van der Waals surface area contributed by atoms with E-state index in [-0.39, 0.29) is 29.4 Å². The smallest absolute Gasteiger partial charge is 0.230 e. The highest BCUT2D eigenvalue weighted by molar-refractivity contribution is 5.93. The average Bonchev–Trinajstić information content (AvgIpc) is 2.32. The molecule has 2 atom stereocenters. The minimum Gasteiger partial charge on any atom is -0.504 e. The van der Waals surface area contributed by atoms with Gasteiger partial charge in [-0.1, -0.05) is 12.8 Å². The third kappa shape index (κ3) is 2.74. The molecule has 1 heterocycles. The van der Waals surface area contributed by atoms with Crippen LogP contribution in [-0.2, 0) is 4.79 Å². The van der Waals surface area contributed by atoms with Crippen LogP contribution < -0.4 is 11.1 Å². The Hall–Kier alpha value is -1.62. The molecular weight excluding hydrogens is 218 g/mol. The first kappa shape index (κ1) is 11.9. The van der Waals surface area contributed by atoms with Gasteiger partial charge >= 0.3 is 0 Å². The van der Waals surface area contributed by atoms with Gasteiger partial charge in [0.1, 0.15) is 0 Å². The van der Waals surface area contributed by atoms with Gasteiger partial charge in [-0.2, -0.15) is 0 Å². The van der Waals surface area contributed by atoms with Gasteiger partial charge in [0.05, 0.1) is 5.92 Å². The van der Waals surface area contributed by atoms with Crippen molar-refractivity contribution in [3.63, 3.8) is 0 Å². The van der Waals surface area contributed by atoms with Crippen molar-refractivity contribution in [3.8, 4) is 5.75 Å². The van der Waals surface area contributed by atoms with Crippen molar-refractivity contribution < 1.29 is 9.90 Å². The molecule has 0 aromatic carbocycles. The van der Waals surface area contributed by atoms with E-state index in [1.54, 1.807) is 6.07 Å². The molecule has 1 aliphatic carbocycles. The zero-order chi connectivity index (χ0) is 12.3. The third-order valence-electron chi connectivity index (χ3n) is 3.18.